The highest BCUT2D eigenvalue weighted by Crippen LogP contribution is 2.10. The molecular formula is C11H16N2O. The predicted molar refractivity (Wildman–Crippen MR) is 56.1 cm³/mol. The van der Waals surface area contributed by atoms with Gasteiger partial charge in [0.25, 0.3) is 0 Å². The topological polar surface area (TPSA) is 56.0 Å². The summed E-state index contributed by atoms with van der Waals surface area (Å²) in [6.45, 7) is 3.84. The molecular weight excluding hydrogens is 176 g/mol. The first-order valence-corrected chi connectivity index (χ1v) is 4.71. The van der Waals surface area contributed by atoms with Crippen LogP contribution < -0.4 is 5.73 Å². The second-order valence-electron chi connectivity index (χ2n) is 4.15. The highest BCUT2D eigenvalue weighted by atomic mass is 16.1. The Bertz CT molecular complexity index is 301. The quantitative estimate of drug-likeness (QED) is 0.740. The van der Waals surface area contributed by atoms with Gasteiger partial charge in [0.1, 0.15) is 0 Å². The monoisotopic (exact) mass is 192 g/mol. The Morgan fingerprint density at radius 2 is 2.29 bits per heavy atom. The number of Topliss-reactive ketones (excluding diaryl/α,β-unsaturated/α-hetero) is 1. The maximum Gasteiger partial charge on any atom is 0.164 e. The average Bonchev–Trinajstić information content (AvgIpc) is 2.14. The van der Waals surface area contributed by atoms with Crippen LogP contribution in [0, 0.1) is 0 Å². The zero-order valence-corrected chi connectivity index (χ0v) is 8.66. The van der Waals surface area contributed by atoms with Crippen molar-refractivity contribution < 1.29 is 4.79 Å². The van der Waals surface area contributed by atoms with Crippen molar-refractivity contribution in [2.45, 2.75) is 32.2 Å². The minimum Gasteiger partial charge on any atom is -0.326 e. The summed E-state index contributed by atoms with van der Waals surface area (Å²) in [6.07, 6.45) is 4.42. The van der Waals surface area contributed by atoms with Gasteiger partial charge in [-0.3, -0.25) is 9.78 Å². The van der Waals surface area contributed by atoms with Crippen molar-refractivity contribution in [2.75, 3.05) is 0 Å². The second kappa shape index (κ2) is 4.33. The predicted octanol–water partition coefficient (Wildman–Crippen LogP) is 1.78. The van der Waals surface area contributed by atoms with E-state index in [0.29, 0.717) is 18.4 Å². The average molecular weight is 192 g/mol. The van der Waals surface area contributed by atoms with Crippen molar-refractivity contribution in [1.82, 2.24) is 4.98 Å². The lowest BCUT2D eigenvalue weighted by molar-refractivity contribution is 0.0972. The molecule has 0 fully saturated rings. The molecule has 1 rings (SSSR count). The summed E-state index contributed by atoms with van der Waals surface area (Å²) in [5.41, 5.74) is 6.18. The van der Waals surface area contributed by atoms with Crippen LogP contribution in [0.15, 0.2) is 24.5 Å². The molecule has 2 N–H and O–H groups in total. The zero-order valence-electron chi connectivity index (χ0n) is 8.66. The van der Waals surface area contributed by atoms with Gasteiger partial charge in [-0.25, -0.2) is 0 Å². The first-order valence-electron chi connectivity index (χ1n) is 4.71. The summed E-state index contributed by atoms with van der Waals surface area (Å²) in [5.74, 6) is 0.108. The summed E-state index contributed by atoms with van der Waals surface area (Å²) in [5, 5.41) is 0. The van der Waals surface area contributed by atoms with Gasteiger partial charge < -0.3 is 5.73 Å². The van der Waals surface area contributed by atoms with E-state index >= 15 is 0 Å². The van der Waals surface area contributed by atoms with Gasteiger partial charge >= 0.3 is 0 Å². The van der Waals surface area contributed by atoms with Crippen molar-refractivity contribution in [2.24, 2.45) is 5.73 Å². The van der Waals surface area contributed by atoms with E-state index in [1.54, 1.807) is 24.5 Å². The number of carbonyl (C=O) groups is 1. The fourth-order valence-electron chi connectivity index (χ4n) is 1.11. The van der Waals surface area contributed by atoms with Gasteiger partial charge in [-0.2, -0.15) is 0 Å². The Labute approximate surface area is 84.3 Å². The molecule has 0 spiro atoms. The van der Waals surface area contributed by atoms with Gasteiger partial charge in [0, 0.05) is 29.9 Å². The van der Waals surface area contributed by atoms with E-state index in [1.807, 2.05) is 13.8 Å². The van der Waals surface area contributed by atoms with Crippen molar-refractivity contribution in [1.29, 1.82) is 0 Å². The Hall–Kier alpha value is -1.22. The molecule has 76 valence electrons. The van der Waals surface area contributed by atoms with Gasteiger partial charge in [0.2, 0.25) is 0 Å². The maximum atomic E-state index is 11.6. The van der Waals surface area contributed by atoms with Gasteiger partial charge in [0.05, 0.1) is 0 Å². The number of hydrogen-bond acceptors (Lipinski definition) is 3. The third-order valence-electron chi connectivity index (χ3n) is 1.98. The molecule has 0 saturated carbocycles. The summed E-state index contributed by atoms with van der Waals surface area (Å²) >= 11 is 0. The number of nitrogens with zero attached hydrogens (tertiary/aromatic N) is 1. The molecule has 14 heavy (non-hydrogen) atoms. The molecule has 1 aromatic heterocycles. The number of hydrogen-bond donors (Lipinski definition) is 1. The van der Waals surface area contributed by atoms with Crippen LogP contribution in [0.4, 0.5) is 0 Å². The first kappa shape index (κ1) is 10.9. The molecule has 1 aromatic rings. The van der Waals surface area contributed by atoms with Crippen LogP contribution in [0.3, 0.4) is 0 Å². The van der Waals surface area contributed by atoms with E-state index < -0.39 is 0 Å². The minimum atomic E-state index is -0.280. The molecule has 0 unspecified atom stereocenters. The van der Waals surface area contributed by atoms with Crippen LogP contribution >= 0.6 is 0 Å². The molecule has 0 radical (unpaired) electrons. The molecule has 3 nitrogen and oxygen atoms in total. The van der Waals surface area contributed by atoms with E-state index in [0.717, 1.165) is 0 Å². The fraction of sp³-hybridized carbons (Fsp3) is 0.455. The fourth-order valence-corrected chi connectivity index (χ4v) is 1.11. The molecule has 1 heterocycles. The molecule has 0 bridgehead atoms. The Morgan fingerprint density at radius 3 is 2.79 bits per heavy atom. The molecule has 0 saturated heterocycles. The number of rotatable bonds is 4. The largest absolute Gasteiger partial charge is 0.326 e. The Balaban J connectivity index is 2.52. The van der Waals surface area contributed by atoms with Crippen molar-refractivity contribution in [3.8, 4) is 0 Å². The highest BCUT2D eigenvalue weighted by Gasteiger charge is 2.14. The third-order valence-corrected chi connectivity index (χ3v) is 1.98. The van der Waals surface area contributed by atoms with Crippen LogP contribution in [0.25, 0.3) is 0 Å². The minimum absolute atomic E-state index is 0.108. The van der Waals surface area contributed by atoms with E-state index in [9.17, 15) is 4.79 Å². The lowest BCUT2D eigenvalue weighted by atomic mass is 9.96. The van der Waals surface area contributed by atoms with Crippen molar-refractivity contribution >= 4 is 5.78 Å². The normalized spacial score (nSPS) is 11.4. The first-order chi connectivity index (χ1) is 6.49. The second-order valence-corrected chi connectivity index (χ2v) is 4.15. The number of ketones is 1. The van der Waals surface area contributed by atoms with E-state index in [1.165, 1.54) is 0 Å². The molecule has 3 heteroatoms. The van der Waals surface area contributed by atoms with Crippen molar-refractivity contribution in [3.05, 3.63) is 30.1 Å². The van der Waals surface area contributed by atoms with Crippen molar-refractivity contribution in [3.63, 3.8) is 0 Å². The number of carbonyl (C=O) groups excluding carboxylic acids is 1. The van der Waals surface area contributed by atoms with Crippen LogP contribution in [-0.4, -0.2) is 16.3 Å². The van der Waals surface area contributed by atoms with Crippen LogP contribution in [0.2, 0.25) is 0 Å². The molecule has 0 atom stereocenters. The smallest absolute Gasteiger partial charge is 0.164 e. The SMILES string of the molecule is CC(C)(N)CCC(=O)c1cccnc1. The summed E-state index contributed by atoms with van der Waals surface area (Å²) < 4.78 is 0. The molecule has 0 aliphatic carbocycles. The number of aromatic nitrogens is 1. The van der Waals surface area contributed by atoms with Crippen LogP contribution in [0.5, 0.6) is 0 Å². The van der Waals surface area contributed by atoms with Gasteiger partial charge in [-0.05, 0) is 32.4 Å². The Kier molecular flexibility index (Phi) is 3.36. The standard InChI is InChI=1S/C11H16N2O/c1-11(2,12)6-5-10(14)9-4-3-7-13-8-9/h3-4,7-8H,5-6,12H2,1-2H3. The lowest BCUT2D eigenvalue weighted by Crippen LogP contribution is -2.32. The molecule has 0 amide bonds. The van der Waals surface area contributed by atoms with Gasteiger partial charge in [-0.15, -0.1) is 0 Å². The maximum absolute atomic E-state index is 11.6. The summed E-state index contributed by atoms with van der Waals surface area (Å²) in [7, 11) is 0. The van der Waals surface area contributed by atoms with Gasteiger partial charge in [-0.1, -0.05) is 0 Å². The molecule has 0 aromatic carbocycles. The van der Waals surface area contributed by atoms with E-state index in [2.05, 4.69) is 4.98 Å². The Morgan fingerprint density at radius 1 is 1.57 bits per heavy atom. The number of nitrogens with two attached hydrogens (primary N) is 1. The summed E-state index contributed by atoms with van der Waals surface area (Å²) in [4.78, 5) is 15.5. The van der Waals surface area contributed by atoms with Crippen LogP contribution in [0.1, 0.15) is 37.0 Å². The molecule has 0 aliphatic heterocycles. The van der Waals surface area contributed by atoms with Crippen LogP contribution in [-0.2, 0) is 0 Å². The van der Waals surface area contributed by atoms with E-state index in [-0.39, 0.29) is 11.3 Å². The zero-order chi connectivity index (χ0) is 10.6. The molecule has 0 aliphatic rings. The number of pyridine rings is 1. The summed E-state index contributed by atoms with van der Waals surface area (Å²) in [6, 6.07) is 3.54. The third kappa shape index (κ3) is 3.66. The lowest BCUT2D eigenvalue weighted by Gasteiger charge is -2.17. The van der Waals surface area contributed by atoms with E-state index in [4.69, 9.17) is 5.73 Å². The highest BCUT2D eigenvalue weighted by molar-refractivity contribution is 5.95. The van der Waals surface area contributed by atoms with Gasteiger partial charge in [0.15, 0.2) is 5.78 Å².